The summed E-state index contributed by atoms with van der Waals surface area (Å²) in [5.41, 5.74) is 5.50. The number of pyridine rings is 1. The van der Waals surface area contributed by atoms with Crippen molar-refractivity contribution in [3.8, 4) is 5.75 Å². The van der Waals surface area contributed by atoms with E-state index in [4.69, 9.17) is 10.5 Å². The van der Waals surface area contributed by atoms with Gasteiger partial charge in [0.15, 0.2) is 0 Å². The lowest BCUT2D eigenvalue weighted by Gasteiger charge is -2.05. The first-order valence-electron chi connectivity index (χ1n) is 4.67. The Hall–Kier alpha value is -1.25. The summed E-state index contributed by atoms with van der Waals surface area (Å²) in [7, 11) is 0. The van der Waals surface area contributed by atoms with Crippen LogP contribution in [0.5, 0.6) is 5.75 Å². The van der Waals surface area contributed by atoms with Gasteiger partial charge in [0.2, 0.25) is 0 Å². The van der Waals surface area contributed by atoms with Crippen LogP contribution in [0.4, 0.5) is 5.82 Å². The van der Waals surface area contributed by atoms with Crippen LogP contribution in [0, 0.1) is 0 Å². The fourth-order valence-electron chi connectivity index (χ4n) is 1.06. The van der Waals surface area contributed by atoms with Crippen molar-refractivity contribution in [3.05, 3.63) is 18.3 Å². The van der Waals surface area contributed by atoms with Crippen molar-refractivity contribution in [1.29, 1.82) is 0 Å². The third-order valence-electron chi connectivity index (χ3n) is 1.77. The van der Waals surface area contributed by atoms with E-state index in [2.05, 4.69) is 11.9 Å². The first-order chi connectivity index (χ1) is 6.33. The van der Waals surface area contributed by atoms with E-state index in [1.165, 1.54) is 12.8 Å². The van der Waals surface area contributed by atoms with Crippen LogP contribution in [0.3, 0.4) is 0 Å². The monoisotopic (exact) mass is 180 g/mol. The van der Waals surface area contributed by atoms with Crippen LogP contribution in [0.15, 0.2) is 18.3 Å². The topological polar surface area (TPSA) is 48.1 Å². The summed E-state index contributed by atoms with van der Waals surface area (Å²) in [6.07, 6.45) is 5.17. The minimum atomic E-state index is 0.507. The van der Waals surface area contributed by atoms with Gasteiger partial charge in [-0.2, -0.15) is 0 Å². The Labute approximate surface area is 78.9 Å². The number of nitrogens with zero attached hydrogens (tertiary/aromatic N) is 1. The summed E-state index contributed by atoms with van der Waals surface area (Å²) in [4.78, 5) is 3.88. The second-order valence-corrected chi connectivity index (χ2v) is 2.97. The molecule has 1 aromatic heterocycles. The zero-order valence-electron chi connectivity index (χ0n) is 7.99. The van der Waals surface area contributed by atoms with E-state index in [1.807, 2.05) is 6.07 Å². The molecule has 72 valence electrons. The van der Waals surface area contributed by atoms with Gasteiger partial charge in [0, 0.05) is 12.3 Å². The van der Waals surface area contributed by atoms with Crippen LogP contribution < -0.4 is 10.5 Å². The number of unbranched alkanes of at least 4 members (excludes halogenated alkanes) is 2. The van der Waals surface area contributed by atoms with E-state index in [1.54, 1.807) is 12.3 Å². The van der Waals surface area contributed by atoms with Crippen molar-refractivity contribution in [1.82, 2.24) is 4.98 Å². The maximum absolute atomic E-state index is 5.50. The number of nitrogens with two attached hydrogens (primary N) is 1. The Morgan fingerprint density at radius 1 is 1.46 bits per heavy atom. The fourth-order valence-corrected chi connectivity index (χ4v) is 1.06. The van der Waals surface area contributed by atoms with Crippen LogP contribution >= 0.6 is 0 Å². The smallest absolute Gasteiger partial charge is 0.126 e. The molecule has 0 saturated carbocycles. The van der Waals surface area contributed by atoms with Crippen molar-refractivity contribution in [3.63, 3.8) is 0 Å². The van der Waals surface area contributed by atoms with E-state index < -0.39 is 0 Å². The van der Waals surface area contributed by atoms with Gasteiger partial charge >= 0.3 is 0 Å². The number of aromatic nitrogens is 1. The molecule has 2 N–H and O–H groups in total. The minimum Gasteiger partial charge on any atom is -0.493 e. The van der Waals surface area contributed by atoms with Gasteiger partial charge in [-0.05, 0) is 12.5 Å². The van der Waals surface area contributed by atoms with Crippen LogP contribution in [0.2, 0.25) is 0 Å². The molecular weight excluding hydrogens is 164 g/mol. The predicted octanol–water partition coefficient (Wildman–Crippen LogP) is 2.23. The number of hydrogen-bond acceptors (Lipinski definition) is 3. The molecule has 0 aromatic carbocycles. The van der Waals surface area contributed by atoms with Crippen molar-refractivity contribution in [2.45, 2.75) is 26.2 Å². The largest absolute Gasteiger partial charge is 0.493 e. The van der Waals surface area contributed by atoms with E-state index >= 15 is 0 Å². The number of anilines is 1. The molecule has 1 heterocycles. The van der Waals surface area contributed by atoms with E-state index in [0.29, 0.717) is 5.82 Å². The molecule has 0 radical (unpaired) electrons. The van der Waals surface area contributed by atoms with Gasteiger partial charge in [0.25, 0.3) is 0 Å². The van der Waals surface area contributed by atoms with E-state index in [-0.39, 0.29) is 0 Å². The number of rotatable bonds is 5. The van der Waals surface area contributed by atoms with Gasteiger partial charge < -0.3 is 10.5 Å². The molecule has 0 aliphatic rings. The first kappa shape index (κ1) is 9.84. The average Bonchev–Trinajstić information content (AvgIpc) is 2.13. The lowest BCUT2D eigenvalue weighted by atomic mass is 10.3. The highest BCUT2D eigenvalue weighted by molar-refractivity contribution is 5.35. The zero-order chi connectivity index (χ0) is 9.52. The second kappa shape index (κ2) is 5.41. The molecule has 0 unspecified atom stereocenters. The molecule has 0 fully saturated rings. The summed E-state index contributed by atoms with van der Waals surface area (Å²) >= 11 is 0. The third kappa shape index (κ3) is 3.78. The van der Waals surface area contributed by atoms with Crippen molar-refractivity contribution in [2.75, 3.05) is 12.3 Å². The Kier molecular flexibility index (Phi) is 4.09. The van der Waals surface area contributed by atoms with E-state index in [9.17, 15) is 0 Å². The molecule has 1 rings (SSSR count). The Balaban J connectivity index is 2.28. The van der Waals surface area contributed by atoms with E-state index in [0.717, 1.165) is 18.8 Å². The molecule has 0 bridgehead atoms. The summed E-state index contributed by atoms with van der Waals surface area (Å²) in [5, 5.41) is 0. The quantitative estimate of drug-likeness (QED) is 0.707. The lowest BCUT2D eigenvalue weighted by Crippen LogP contribution is -1.98. The summed E-state index contributed by atoms with van der Waals surface area (Å²) in [5.74, 6) is 1.32. The Morgan fingerprint density at radius 2 is 2.31 bits per heavy atom. The van der Waals surface area contributed by atoms with Gasteiger partial charge in [-0.1, -0.05) is 19.8 Å². The Morgan fingerprint density at radius 3 is 3.00 bits per heavy atom. The summed E-state index contributed by atoms with van der Waals surface area (Å²) in [6, 6.07) is 3.56. The van der Waals surface area contributed by atoms with Gasteiger partial charge in [0.05, 0.1) is 6.61 Å². The maximum Gasteiger partial charge on any atom is 0.126 e. The maximum atomic E-state index is 5.50. The fraction of sp³-hybridized carbons (Fsp3) is 0.500. The van der Waals surface area contributed by atoms with Gasteiger partial charge in [-0.3, -0.25) is 0 Å². The molecule has 0 aliphatic carbocycles. The van der Waals surface area contributed by atoms with Crippen LogP contribution in [-0.2, 0) is 0 Å². The van der Waals surface area contributed by atoms with Crippen LogP contribution in [0.1, 0.15) is 26.2 Å². The first-order valence-corrected chi connectivity index (χ1v) is 4.67. The molecule has 0 aliphatic heterocycles. The molecule has 3 nitrogen and oxygen atoms in total. The SMILES string of the molecule is CCCCCOc1ccnc(N)c1. The predicted molar refractivity (Wildman–Crippen MR) is 53.7 cm³/mol. The van der Waals surface area contributed by atoms with Crippen LogP contribution in [-0.4, -0.2) is 11.6 Å². The van der Waals surface area contributed by atoms with Gasteiger partial charge in [-0.15, -0.1) is 0 Å². The molecule has 0 saturated heterocycles. The second-order valence-electron chi connectivity index (χ2n) is 2.97. The summed E-state index contributed by atoms with van der Waals surface area (Å²) in [6.45, 7) is 2.93. The number of ether oxygens (including phenoxy) is 1. The molecular formula is C10H16N2O. The highest BCUT2D eigenvalue weighted by atomic mass is 16.5. The molecule has 3 heteroatoms. The molecule has 0 amide bonds. The zero-order valence-corrected chi connectivity index (χ0v) is 7.99. The average molecular weight is 180 g/mol. The number of hydrogen-bond donors (Lipinski definition) is 1. The molecule has 13 heavy (non-hydrogen) atoms. The minimum absolute atomic E-state index is 0.507. The lowest BCUT2D eigenvalue weighted by molar-refractivity contribution is 0.306. The van der Waals surface area contributed by atoms with Gasteiger partial charge in [0.1, 0.15) is 11.6 Å². The van der Waals surface area contributed by atoms with Crippen molar-refractivity contribution >= 4 is 5.82 Å². The number of nitrogen functional groups attached to an aromatic ring is 1. The standard InChI is InChI=1S/C10H16N2O/c1-2-3-4-7-13-9-5-6-12-10(11)8-9/h5-6,8H,2-4,7H2,1H3,(H2,11,12). The summed E-state index contributed by atoms with van der Waals surface area (Å²) < 4.78 is 5.47. The van der Waals surface area contributed by atoms with Crippen molar-refractivity contribution in [2.24, 2.45) is 0 Å². The third-order valence-corrected chi connectivity index (χ3v) is 1.77. The molecule has 0 atom stereocenters. The van der Waals surface area contributed by atoms with Gasteiger partial charge in [-0.25, -0.2) is 4.98 Å². The van der Waals surface area contributed by atoms with Crippen molar-refractivity contribution < 1.29 is 4.74 Å². The Bertz CT molecular complexity index is 250. The highest BCUT2D eigenvalue weighted by Crippen LogP contribution is 2.12. The molecule has 1 aromatic rings. The highest BCUT2D eigenvalue weighted by Gasteiger charge is 1.93. The normalized spacial score (nSPS) is 9.92. The molecule has 0 spiro atoms. The van der Waals surface area contributed by atoms with Crippen LogP contribution in [0.25, 0.3) is 0 Å².